The molecule has 0 aromatic heterocycles. The molecule has 1 aromatic carbocycles. The highest BCUT2D eigenvalue weighted by atomic mass is 19.2. The molecular formula is C14H15F3O3. The van der Waals surface area contributed by atoms with Crippen LogP contribution < -0.4 is 0 Å². The quantitative estimate of drug-likeness (QED) is 0.335. The molecule has 0 atom stereocenters. The Kier molecular flexibility index (Phi) is 6.21. The summed E-state index contributed by atoms with van der Waals surface area (Å²) in [7, 11) is 0. The summed E-state index contributed by atoms with van der Waals surface area (Å²) in [6, 6.07) is 0.989. The largest absolute Gasteiger partial charge is 0.465 e. The van der Waals surface area contributed by atoms with E-state index in [1.807, 2.05) is 6.92 Å². The number of rotatable bonds is 7. The molecule has 0 aliphatic rings. The van der Waals surface area contributed by atoms with E-state index in [1.165, 1.54) is 0 Å². The summed E-state index contributed by atoms with van der Waals surface area (Å²) in [6.45, 7) is 2.15. The van der Waals surface area contributed by atoms with Crippen molar-refractivity contribution in [2.24, 2.45) is 0 Å². The zero-order valence-electron chi connectivity index (χ0n) is 11.0. The Balaban J connectivity index is 2.54. The summed E-state index contributed by atoms with van der Waals surface area (Å²) in [5, 5.41) is 0. The maximum Gasteiger partial charge on any atom is 0.313 e. The first-order chi connectivity index (χ1) is 9.43. The van der Waals surface area contributed by atoms with Gasteiger partial charge in [-0.1, -0.05) is 13.3 Å². The number of unbranched alkanes of at least 4 members (excludes halogenated alkanes) is 1. The molecule has 0 amide bonds. The summed E-state index contributed by atoms with van der Waals surface area (Å²) in [4.78, 5) is 22.8. The highest BCUT2D eigenvalue weighted by Gasteiger charge is 2.16. The smallest absolute Gasteiger partial charge is 0.313 e. The predicted octanol–water partition coefficient (Wildman–Crippen LogP) is 2.95. The number of Topliss-reactive ketones (excluding diaryl/α,β-unsaturated/α-hetero) is 1. The fourth-order valence-corrected chi connectivity index (χ4v) is 1.52. The lowest BCUT2D eigenvalue weighted by atomic mass is 10.1. The molecule has 1 rings (SSSR count). The van der Waals surface area contributed by atoms with Crippen LogP contribution in [0.3, 0.4) is 0 Å². The van der Waals surface area contributed by atoms with E-state index in [0.717, 1.165) is 6.42 Å². The van der Waals surface area contributed by atoms with Crippen LogP contribution in [0.25, 0.3) is 0 Å². The minimum Gasteiger partial charge on any atom is -0.465 e. The average Bonchev–Trinajstić information content (AvgIpc) is 2.36. The summed E-state index contributed by atoms with van der Waals surface area (Å²) >= 11 is 0. The Hall–Kier alpha value is -1.85. The first kappa shape index (κ1) is 16.2. The molecule has 20 heavy (non-hydrogen) atoms. The van der Waals surface area contributed by atoms with Gasteiger partial charge in [0, 0.05) is 12.5 Å². The number of hydrogen-bond donors (Lipinski definition) is 0. The topological polar surface area (TPSA) is 43.4 Å². The van der Waals surface area contributed by atoms with Crippen molar-refractivity contribution in [2.45, 2.75) is 32.6 Å². The number of hydrogen-bond acceptors (Lipinski definition) is 3. The van der Waals surface area contributed by atoms with E-state index in [1.54, 1.807) is 0 Å². The van der Waals surface area contributed by atoms with E-state index in [4.69, 9.17) is 4.74 Å². The van der Waals surface area contributed by atoms with E-state index < -0.39 is 42.0 Å². The van der Waals surface area contributed by atoms with Gasteiger partial charge in [-0.25, -0.2) is 13.2 Å². The minimum absolute atomic E-state index is 0.224. The molecular weight excluding hydrogens is 273 g/mol. The monoisotopic (exact) mass is 288 g/mol. The van der Waals surface area contributed by atoms with Crippen molar-refractivity contribution in [1.82, 2.24) is 0 Å². The standard InChI is InChI=1S/C14H15F3O3/c1-2-3-4-20-14(19)7-10(18)5-9-6-12(16)13(17)8-11(9)15/h6,8H,2-5,7H2,1H3. The van der Waals surface area contributed by atoms with Gasteiger partial charge >= 0.3 is 5.97 Å². The van der Waals surface area contributed by atoms with Crippen LogP contribution in [-0.4, -0.2) is 18.4 Å². The molecule has 1 aromatic rings. The number of ether oxygens (including phenoxy) is 1. The van der Waals surface area contributed by atoms with Gasteiger partial charge in [-0.2, -0.15) is 0 Å². The summed E-state index contributed by atoms with van der Waals surface area (Å²) in [6.07, 6.45) is 0.549. The van der Waals surface area contributed by atoms with E-state index >= 15 is 0 Å². The molecule has 0 aliphatic heterocycles. The van der Waals surface area contributed by atoms with Gasteiger partial charge in [0.05, 0.1) is 6.61 Å². The van der Waals surface area contributed by atoms with E-state index in [-0.39, 0.29) is 12.2 Å². The Labute approximate surface area is 114 Å². The predicted molar refractivity (Wildman–Crippen MR) is 65.5 cm³/mol. The lowest BCUT2D eigenvalue weighted by Gasteiger charge is -2.05. The lowest BCUT2D eigenvalue weighted by Crippen LogP contribution is -2.14. The van der Waals surface area contributed by atoms with Crippen LogP contribution in [0.15, 0.2) is 12.1 Å². The molecule has 0 fully saturated rings. The summed E-state index contributed by atoms with van der Waals surface area (Å²) in [5.74, 6) is -4.89. The van der Waals surface area contributed by atoms with Gasteiger partial charge in [-0.3, -0.25) is 9.59 Å². The molecule has 0 heterocycles. The molecule has 3 nitrogen and oxygen atoms in total. The maximum absolute atomic E-state index is 13.3. The normalized spacial score (nSPS) is 10.4. The van der Waals surface area contributed by atoms with Gasteiger partial charge in [-0.15, -0.1) is 0 Å². The highest BCUT2D eigenvalue weighted by molar-refractivity contribution is 5.96. The fraction of sp³-hybridized carbons (Fsp3) is 0.429. The van der Waals surface area contributed by atoms with Crippen LogP contribution in [0.5, 0.6) is 0 Å². The van der Waals surface area contributed by atoms with Crippen LogP contribution in [0, 0.1) is 17.5 Å². The van der Waals surface area contributed by atoms with Gasteiger partial charge in [0.15, 0.2) is 11.6 Å². The number of benzene rings is 1. The highest BCUT2D eigenvalue weighted by Crippen LogP contribution is 2.15. The molecule has 0 aliphatic carbocycles. The first-order valence-corrected chi connectivity index (χ1v) is 6.24. The Morgan fingerprint density at radius 2 is 1.75 bits per heavy atom. The van der Waals surface area contributed by atoms with Gasteiger partial charge in [-0.05, 0) is 18.1 Å². The second-order valence-electron chi connectivity index (χ2n) is 4.32. The molecule has 0 saturated carbocycles. The van der Waals surface area contributed by atoms with Crippen LogP contribution in [-0.2, 0) is 20.7 Å². The lowest BCUT2D eigenvalue weighted by molar-refractivity contribution is -0.146. The maximum atomic E-state index is 13.3. The summed E-state index contributed by atoms with van der Waals surface area (Å²) in [5.41, 5.74) is -0.282. The second-order valence-corrected chi connectivity index (χ2v) is 4.32. The number of esters is 1. The van der Waals surface area contributed by atoms with Crippen molar-refractivity contribution in [3.05, 3.63) is 35.1 Å². The van der Waals surface area contributed by atoms with Crippen LogP contribution in [0.4, 0.5) is 13.2 Å². The zero-order valence-corrected chi connectivity index (χ0v) is 11.0. The third-order valence-electron chi connectivity index (χ3n) is 2.58. The van der Waals surface area contributed by atoms with Crippen LogP contribution in [0.1, 0.15) is 31.7 Å². The van der Waals surface area contributed by atoms with Gasteiger partial charge < -0.3 is 4.74 Å². The third kappa shape index (κ3) is 5.03. The second kappa shape index (κ2) is 7.67. The molecule has 110 valence electrons. The van der Waals surface area contributed by atoms with Crippen LogP contribution in [0.2, 0.25) is 0 Å². The van der Waals surface area contributed by atoms with Crippen molar-refractivity contribution >= 4 is 11.8 Å². The number of carbonyl (C=O) groups is 2. The third-order valence-corrected chi connectivity index (χ3v) is 2.58. The van der Waals surface area contributed by atoms with Crippen molar-refractivity contribution in [2.75, 3.05) is 6.61 Å². The molecule has 0 unspecified atom stereocenters. The molecule has 0 radical (unpaired) electrons. The van der Waals surface area contributed by atoms with Crippen molar-refractivity contribution in [3.8, 4) is 0 Å². The van der Waals surface area contributed by atoms with Crippen molar-refractivity contribution in [1.29, 1.82) is 0 Å². The number of ketones is 1. The molecule has 0 spiro atoms. The number of halogens is 3. The van der Waals surface area contributed by atoms with Crippen molar-refractivity contribution in [3.63, 3.8) is 0 Å². The molecule has 0 N–H and O–H groups in total. The minimum atomic E-state index is -1.32. The Morgan fingerprint density at radius 1 is 1.10 bits per heavy atom. The number of carbonyl (C=O) groups excluding carboxylic acids is 2. The molecule has 6 heteroatoms. The molecule has 0 saturated heterocycles. The molecule has 0 bridgehead atoms. The summed E-state index contributed by atoms with van der Waals surface area (Å²) < 4.78 is 43.7. The first-order valence-electron chi connectivity index (χ1n) is 6.24. The van der Waals surface area contributed by atoms with Crippen LogP contribution >= 0.6 is 0 Å². The van der Waals surface area contributed by atoms with Crippen molar-refractivity contribution < 1.29 is 27.5 Å². The fourth-order valence-electron chi connectivity index (χ4n) is 1.52. The Bertz CT molecular complexity index is 501. The van der Waals surface area contributed by atoms with E-state index in [2.05, 4.69) is 0 Å². The van der Waals surface area contributed by atoms with E-state index in [9.17, 15) is 22.8 Å². The SMILES string of the molecule is CCCCOC(=O)CC(=O)Cc1cc(F)c(F)cc1F. The average molecular weight is 288 g/mol. The van der Waals surface area contributed by atoms with Gasteiger partial charge in [0.25, 0.3) is 0 Å². The van der Waals surface area contributed by atoms with Gasteiger partial charge in [0.2, 0.25) is 0 Å². The Morgan fingerprint density at radius 3 is 2.40 bits per heavy atom. The van der Waals surface area contributed by atoms with Gasteiger partial charge in [0.1, 0.15) is 18.0 Å². The zero-order chi connectivity index (χ0) is 15.1. The van der Waals surface area contributed by atoms with E-state index in [0.29, 0.717) is 18.6 Å².